The van der Waals surface area contributed by atoms with E-state index in [4.69, 9.17) is 11.6 Å². The van der Waals surface area contributed by atoms with Gasteiger partial charge in [0, 0.05) is 17.8 Å². The van der Waals surface area contributed by atoms with Crippen LogP contribution in [-0.2, 0) is 17.8 Å². The lowest BCUT2D eigenvalue weighted by atomic mass is 10.1. The van der Waals surface area contributed by atoms with Crippen molar-refractivity contribution in [3.8, 4) is 10.6 Å². The summed E-state index contributed by atoms with van der Waals surface area (Å²) in [6.07, 6.45) is 2.05. The van der Waals surface area contributed by atoms with Crippen molar-refractivity contribution in [1.29, 1.82) is 0 Å². The molecule has 0 saturated carbocycles. The lowest BCUT2D eigenvalue weighted by Crippen LogP contribution is -2.24. The Morgan fingerprint density at radius 3 is 2.83 bits per heavy atom. The van der Waals surface area contributed by atoms with E-state index in [1.54, 1.807) is 23.6 Å². The summed E-state index contributed by atoms with van der Waals surface area (Å²) in [5, 5.41) is 5.57. The maximum Gasteiger partial charge on any atom is 0.224 e. The molecule has 0 unspecified atom stereocenters. The van der Waals surface area contributed by atoms with Gasteiger partial charge in [-0.15, -0.1) is 11.3 Å². The summed E-state index contributed by atoms with van der Waals surface area (Å²) < 4.78 is 0. The molecule has 0 aliphatic rings. The number of hydrogen-bond donors (Lipinski definition) is 1. The van der Waals surface area contributed by atoms with Crippen molar-refractivity contribution in [1.82, 2.24) is 10.3 Å². The summed E-state index contributed by atoms with van der Waals surface area (Å²) in [7, 11) is 0. The quantitative estimate of drug-likeness (QED) is 0.750. The van der Waals surface area contributed by atoms with Gasteiger partial charge in [-0.05, 0) is 40.8 Å². The molecule has 0 atom stereocenters. The fraction of sp³-hybridized carbons (Fsp3) is 0.111. The van der Waals surface area contributed by atoms with Crippen LogP contribution in [0.15, 0.2) is 60.1 Å². The van der Waals surface area contributed by atoms with E-state index < -0.39 is 0 Å². The number of thiophene rings is 1. The van der Waals surface area contributed by atoms with Crippen LogP contribution in [0.4, 0.5) is 0 Å². The molecule has 1 N–H and O–H groups in total. The van der Waals surface area contributed by atoms with Gasteiger partial charge in [0.15, 0.2) is 0 Å². The van der Waals surface area contributed by atoms with Crippen molar-refractivity contribution in [3.05, 3.63) is 76.3 Å². The van der Waals surface area contributed by atoms with Gasteiger partial charge in [0.05, 0.1) is 17.0 Å². The van der Waals surface area contributed by atoms with Gasteiger partial charge in [-0.25, -0.2) is 0 Å². The van der Waals surface area contributed by atoms with Crippen LogP contribution in [0.1, 0.15) is 11.1 Å². The van der Waals surface area contributed by atoms with Gasteiger partial charge in [0.1, 0.15) is 0 Å². The van der Waals surface area contributed by atoms with Crippen molar-refractivity contribution in [2.45, 2.75) is 13.0 Å². The second-order valence-corrected chi connectivity index (χ2v) is 6.43. The highest BCUT2D eigenvalue weighted by Gasteiger charge is 2.07. The molecular formula is C18H15ClN2OS. The number of hydrogen-bond acceptors (Lipinski definition) is 3. The molecule has 1 amide bonds. The summed E-state index contributed by atoms with van der Waals surface area (Å²) >= 11 is 7.72. The molecule has 2 aromatic heterocycles. The smallest absolute Gasteiger partial charge is 0.224 e. The van der Waals surface area contributed by atoms with E-state index >= 15 is 0 Å². The number of halogens is 1. The predicted octanol–water partition coefficient (Wildman–Crippen LogP) is 4.32. The number of carbonyl (C=O) groups excluding carboxylic acids is 1. The zero-order chi connectivity index (χ0) is 16.1. The normalized spacial score (nSPS) is 10.5. The van der Waals surface area contributed by atoms with Crippen LogP contribution in [0.3, 0.4) is 0 Å². The molecule has 0 aliphatic carbocycles. The standard InChI is InChI=1S/C18H15ClN2OS/c19-15-5-2-1-4-14(15)11-18(22)21-12-13-7-8-20-16(10-13)17-6-3-9-23-17/h1-10H,11-12H2,(H,21,22). The van der Waals surface area contributed by atoms with E-state index in [9.17, 15) is 4.79 Å². The van der Waals surface area contributed by atoms with Gasteiger partial charge in [0.25, 0.3) is 0 Å². The fourth-order valence-corrected chi connectivity index (χ4v) is 3.12. The van der Waals surface area contributed by atoms with Crippen LogP contribution in [0.2, 0.25) is 5.02 Å². The first kappa shape index (κ1) is 15.7. The van der Waals surface area contributed by atoms with E-state index in [1.807, 2.05) is 47.8 Å². The number of benzene rings is 1. The van der Waals surface area contributed by atoms with E-state index in [1.165, 1.54) is 0 Å². The van der Waals surface area contributed by atoms with Crippen molar-refractivity contribution in [2.75, 3.05) is 0 Å². The van der Waals surface area contributed by atoms with Crippen LogP contribution in [0.5, 0.6) is 0 Å². The molecule has 116 valence electrons. The van der Waals surface area contributed by atoms with Gasteiger partial charge in [-0.1, -0.05) is 35.9 Å². The molecule has 3 aromatic rings. The van der Waals surface area contributed by atoms with Gasteiger partial charge in [-0.3, -0.25) is 9.78 Å². The van der Waals surface area contributed by atoms with Crippen molar-refractivity contribution in [2.24, 2.45) is 0 Å². The highest BCUT2D eigenvalue weighted by molar-refractivity contribution is 7.13. The topological polar surface area (TPSA) is 42.0 Å². The summed E-state index contributed by atoms with van der Waals surface area (Å²) in [5.41, 5.74) is 2.79. The number of carbonyl (C=O) groups is 1. The highest BCUT2D eigenvalue weighted by Crippen LogP contribution is 2.23. The summed E-state index contributed by atoms with van der Waals surface area (Å²) in [6, 6.07) is 15.3. The first-order valence-corrected chi connectivity index (χ1v) is 8.47. The van der Waals surface area contributed by atoms with Gasteiger partial charge < -0.3 is 5.32 Å². The van der Waals surface area contributed by atoms with Crippen LogP contribution in [0.25, 0.3) is 10.6 Å². The molecule has 0 fully saturated rings. The van der Waals surface area contributed by atoms with Crippen LogP contribution in [0, 0.1) is 0 Å². The van der Waals surface area contributed by atoms with Crippen molar-refractivity contribution in [3.63, 3.8) is 0 Å². The third-order valence-electron chi connectivity index (χ3n) is 3.40. The molecule has 0 spiro atoms. The third kappa shape index (κ3) is 4.18. The van der Waals surface area contributed by atoms with E-state index in [2.05, 4.69) is 10.3 Å². The Bertz CT molecular complexity index is 802. The Kier molecular flexibility index (Phi) is 5.05. The Hall–Kier alpha value is -2.17. The van der Waals surface area contributed by atoms with Crippen LogP contribution >= 0.6 is 22.9 Å². The predicted molar refractivity (Wildman–Crippen MR) is 94.6 cm³/mol. The molecule has 3 nitrogen and oxygen atoms in total. The summed E-state index contributed by atoms with van der Waals surface area (Å²) in [5.74, 6) is -0.0485. The highest BCUT2D eigenvalue weighted by atomic mass is 35.5. The van der Waals surface area contributed by atoms with Gasteiger partial charge in [-0.2, -0.15) is 0 Å². The number of nitrogens with zero attached hydrogens (tertiary/aromatic N) is 1. The zero-order valence-corrected chi connectivity index (χ0v) is 13.9. The maximum atomic E-state index is 12.1. The number of nitrogens with one attached hydrogen (secondary N) is 1. The van der Waals surface area contributed by atoms with Crippen molar-refractivity contribution < 1.29 is 4.79 Å². The molecule has 1 aromatic carbocycles. The summed E-state index contributed by atoms with van der Waals surface area (Å²) in [6.45, 7) is 0.476. The molecule has 0 aliphatic heterocycles. The fourth-order valence-electron chi connectivity index (χ4n) is 2.22. The van der Waals surface area contributed by atoms with E-state index in [0.29, 0.717) is 11.6 Å². The monoisotopic (exact) mass is 342 g/mol. The minimum absolute atomic E-state index is 0.0485. The van der Waals surface area contributed by atoms with Crippen LogP contribution < -0.4 is 5.32 Å². The molecule has 5 heteroatoms. The molecule has 0 saturated heterocycles. The van der Waals surface area contributed by atoms with Crippen molar-refractivity contribution >= 4 is 28.8 Å². The average molecular weight is 343 g/mol. The molecule has 2 heterocycles. The Morgan fingerprint density at radius 1 is 1.17 bits per heavy atom. The number of amides is 1. The molecule has 3 rings (SSSR count). The first-order valence-electron chi connectivity index (χ1n) is 7.21. The lowest BCUT2D eigenvalue weighted by molar-refractivity contribution is -0.120. The average Bonchev–Trinajstić information content (AvgIpc) is 3.10. The first-order chi connectivity index (χ1) is 11.2. The summed E-state index contributed by atoms with van der Waals surface area (Å²) in [4.78, 5) is 17.6. The SMILES string of the molecule is O=C(Cc1ccccc1Cl)NCc1ccnc(-c2cccs2)c1. The van der Waals surface area contributed by atoms with E-state index in [0.717, 1.165) is 21.7 Å². The molecule has 0 bridgehead atoms. The largest absolute Gasteiger partial charge is 0.352 e. The number of aromatic nitrogens is 1. The lowest BCUT2D eigenvalue weighted by Gasteiger charge is -2.07. The second kappa shape index (κ2) is 7.40. The Balaban J connectivity index is 1.61. The molecule has 0 radical (unpaired) electrons. The molecule has 23 heavy (non-hydrogen) atoms. The minimum Gasteiger partial charge on any atom is -0.352 e. The minimum atomic E-state index is -0.0485. The van der Waals surface area contributed by atoms with Gasteiger partial charge in [0.2, 0.25) is 5.91 Å². The second-order valence-electron chi connectivity index (χ2n) is 5.07. The third-order valence-corrected chi connectivity index (χ3v) is 4.66. The Morgan fingerprint density at radius 2 is 2.04 bits per heavy atom. The van der Waals surface area contributed by atoms with Gasteiger partial charge >= 0.3 is 0 Å². The molecular weight excluding hydrogens is 328 g/mol. The Labute approximate surface area is 144 Å². The van der Waals surface area contributed by atoms with E-state index in [-0.39, 0.29) is 12.3 Å². The maximum absolute atomic E-state index is 12.1. The zero-order valence-electron chi connectivity index (χ0n) is 12.3. The number of pyridine rings is 1. The van der Waals surface area contributed by atoms with Crippen LogP contribution in [-0.4, -0.2) is 10.9 Å². The number of rotatable bonds is 5.